The summed E-state index contributed by atoms with van der Waals surface area (Å²) >= 11 is 0. The van der Waals surface area contributed by atoms with E-state index in [2.05, 4.69) is 0 Å². The number of esters is 1. The van der Waals surface area contributed by atoms with Gasteiger partial charge in [-0.05, 0) is 31.9 Å². The lowest BCUT2D eigenvalue weighted by molar-refractivity contribution is -0.142. The molecule has 7 heteroatoms. The van der Waals surface area contributed by atoms with Crippen LogP contribution in [-0.2, 0) is 20.9 Å². The van der Waals surface area contributed by atoms with Crippen LogP contribution < -0.4 is 4.74 Å². The maximum Gasteiger partial charge on any atom is 0.337 e. The lowest BCUT2D eigenvalue weighted by Gasteiger charge is -2.35. The average Bonchev–Trinajstić information content (AvgIpc) is 2.85. The third kappa shape index (κ3) is 4.07. The molecule has 1 aromatic rings. The molecule has 0 aromatic heterocycles. The highest BCUT2D eigenvalue weighted by Crippen LogP contribution is 2.29. The van der Waals surface area contributed by atoms with Crippen molar-refractivity contribution in [1.29, 1.82) is 0 Å². The van der Waals surface area contributed by atoms with E-state index in [1.165, 1.54) is 7.11 Å². The summed E-state index contributed by atoms with van der Waals surface area (Å²) in [6.45, 7) is 5.61. The van der Waals surface area contributed by atoms with Crippen molar-refractivity contribution in [2.75, 3.05) is 26.8 Å². The molecule has 3 rings (SSSR count). The SMILES string of the molecule is COC(=O)c1ccc2c(c1)OC[C@H](C)N(C(=O)C1CCN(C(C)=O)CC1)C2. The van der Waals surface area contributed by atoms with Crippen molar-refractivity contribution in [1.82, 2.24) is 9.80 Å². The molecule has 1 atom stereocenters. The fourth-order valence-corrected chi connectivity index (χ4v) is 3.68. The smallest absolute Gasteiger partial charge is 0.337 e. The van der Waals surface area contributed by atoms with Crippen LogP contribution in [0.2, 0.25) is 0 Å². The molecule has 1 saturated heterocycles. The number of benzene rings is 1. The number of hydrogen-bond donors (Lipinski definition) is 0. The molecular weight excluding hydrogens is 348 g/mol. The van der Waals surface area contributed by atoms with Crippen LogP contribution in [0, 0.1) is 5.92 Å². The summed E-state index contributed by atoms with van der Waals surface area (Å²) in [7, 11) is 1.34. The van der Waals surface area contributed by atoms with E-state index in [0.717, 1.165) is 5.56 Å². The first-order valence-electron chi connectivity index (χ1n) is 9.30. The number of carbonyl (C=O) groups excluding carboxylic acids is 3. The normalized spacial score (nSPS) is 20.3. The van der Waals surface area contributed by atoms with Crippen molar-refractivity contribution in [3.8, 4) is 5.75 Å². The maximum absolute atomic E-state index is 13.1. The van der Waals surface area contributed by atoms with Crippen LogP contribution >= 0.6 is 0 Å². The van der Waals surface area contributed by atoms with Gasteiger partial charge in [-0.1, -0.05) is 6.07 Å². The molecule has 1 aromatic carbocycles. The maximum atomic E-state index is 13.1. The Morgan fingerprint density at radius 3 is 2.52 bits per heavy atom. The van der Waals surface area contributed by atoms with Gasteiger partial charge in [-0.3, -0.25) is 9.59 Å². The molecule has 1 fully saturated rings. The van der Waals surface area contributed by atoms with E-state index in [0.29, 0.717) is 50.4 Å². The monoisotopic (exact) mass is 374 g/mol. The van der Waals surface area contributed by atoms with E-state index < -0.39 is 5.97 Å². The minimum absolute atomic E-state index is 0.0628. The minimum atomic E-state index is -0.413. The Kier molecular flexibility index (Phi) is 5.68. The van der Waals surface area contributed by atoms with Gasteiger partial charge in [0.1, 0.15) is 12.4 Å². The molecule has 0 bridgehead atoms. The van der Waals surface area contributed by atoms with Gasteiger partial charge in [0, 0.05) is 38.0 Å². The van der Waals surface area contributed by atoms with Gasteiger partial charge in [-0.15, -0.1) is 0 Å². The van der Waals surface area contributed by atoms with Gasteiger partial charge >= 0.3 is 5.97 Å². The molecule has 2 aliphatic heterocycles. The van der Waals surface area contributed by atoms with E-state index in [-0.39, 0.29) is 23.8 Å². The second-order valence-electron chi connectivity index (χ2n) is 7.22. The van der Waals surface area contributed by atoms with E-state index in [9.17, 15) is 14.4 Å². The Bertz CT molecular complexity index is 740. The number of hydrogen-bond acceptors (Lipinski definition) is 5. The molecule has 0 spiro atoms. The van der Waals surface area contributed by atoms with Gasteiger partial charge in [0.2, 0.25) is 11.8 Å². The molecule has 2 heterocycles. The van der Waals surface area contributed by atoms with Crippen molar-refractivity contribution in [3.05, 3.63) is 29.3 Å². The van der Waals surface area contributed by atoms with E-state index in [1.807, 2.05) is 17.9 Å². The molecule has 7 nitrogen and oxygen atoms in total. The Morgan fingerprint density at radius 1 is 1.19 bits per heavy atom. The predicted molar refractivity (Wildman–Crippen MR) is 98.3 cm³/mol. The number of nitrogens with zero attached hydrogens (tertiary/aromatic N) is 2. The average molecular weight is 374 g/mol. The second kappa shape index (κ2) is 7.98. The van der Waals surface area contributed by atoms with Gasteiger partial charge in [-0.25, -0.2) is 4.79 Å². The second-order valence-corrected chi connectivity index (χ2v) is 7.22. The first-order chi connectivity index (χ1) is 12.9. The molecule has 0 radical (unpaired) electrons. The first-order valence-corrected chi connectivity index (χ1v) is 9.30. The minimum Gasteiger partial charge on any atom is -0.491 e. The van der Waals surface area contributed by atoms with Gasteiger partial charge in [-0.2, -0.15) is 0 Å². The van der Waals surface area contributed by atoms with Crippen LogP contribution in [0.15, 0.2) is 18.2 Å². The summed E-state index contributed by atoms with van der Waals surface area (Å²) in [5, 5.41) is 0. The summed E-state index contributed by atoms with van der Waals surface area (Å²) in [5.41, 5.74) is 1.31. The molecule has 0 saturated carbocycles. The zero-order valence-corrected chi connectivity index (χ0v) is 16.1. The summed E-state index contributed by atoms with van der Waals surface area (Å²) < 4.78 is 10.6. The van der Waals surface area contributed by atoms with Crippen molar-refractivity contribution >= 4 is 17.8 Å². The Balaban J connectivity index is 1.74. The van der Waals surface area contributed by atoms with Gasteiger partial charge in [0.15, 0.2) is 0 Å². The van der Waals surface area contributed by atoms with Crippen LogP contribution in [0.25, 0.3) is 0 Å². The standard InChI is InChI=1S/C20H26N2O5/c1-13-12-27-18-10-16(20(25)26-3)4-5-17(18)11-22(13)19(24)15-6-8-21(9-7-15)14(2)23/h4-5,10,13,15H,6-9,11-12H2,1-3H3/t13-/m0/s1. The highest BCUT2D eigenvalue weighted by Gasteiger charge is 2.33. The first kappa shape index (κ1) is 19.2. The Labute approximate surface area is 159 Å². The van der Waals surface area contributed by atoms with Crippen LogP contribution in [0.5, 0.6) is 5.75 Å². The van der Waals surface area contributed by atoms with Gasteiger partial charge in [0.05, 0.1) is 18.7 Å². The summed E-state index contributed by atoms with van der Waals surface area (Å²) in [6.07, 6.45) is 1.38. The Hall–Kier alpha value is -2.57. The summed E-state index contributed by atoms with van der Waals surface area (Å²) in [6, 6.07) is 5.11. The molecule has 146 valence electrons. The van der Waals surface area contributed by atoms with E-state index >= 15 is 0 Å². The number of piperidine rings is 1. The van der Waals surface area contributed by atoms with Gasteiger partial charge in [0.25, 0.3) is 0 Å². The molecule has 0 aliphatic carbocycles. The number of ether oxygens (including phenoxy) is 2. The van der Waals surface area contributed by atoms with Crippen molar-refractivity contribution in [3.63, 3.8) is 0 Å². The molecular formula is C20H26N2O5. The third-order valence-corrected chi connectivity index (χ3v) is 5.41. The number of fused-ring (bicyclic) bond motifs is 1. The van der Waals surface area contributed by atoms with Crippen LogP contribution in [-0.4, -0.2) is 60.4 Å². The predicted octanol–water partition coefficient (Wildman–Crippen LogP) is 1.84. The lowest BCUT2D eigenvalue weighted by Crippen LogP contribution is -2.47. The number of methoxy groups -OCH3 is 1. The molecule has 27 heavy (non-hydrogen) atoms. The third-order valence-electron chi connectivity index (χ3n) is 5.41. The summed E-state index contributed by atoms with van der Waals surface area (Å²) in [5.74, 6) is 0.307. The van der Waals surface area contributed by atoms with Gasteiger partial charge < -0.3 is 19.3 Å². The molecule has 2 aliphatic rings. The van der Waals surface area contributed by atoms with Crippen molar-refractivity contribution in [2.24, 2.45) is 5.92 Å². The van der Waals surface area contributed by atoms with Crippen LogP contribution in [0.1, 0.15) is 42.6 Å². The zero-order valence-electron chi connectivity index (χ0n) is 16.1. The molecule has 0 N–H and O–H groups in total. The zero-order chi connectivity index (χ0) is 19.6. The van der Waals surface area contributed by atoms with E-state index in [1.54, 1.807) is 24.0 Å². The van der Waals surface area contributed by atoms with Crippen molar-refractivity contribution < 1.29 is 23.9 Å². The number of likely N-dealkylation sites (tertiary alicyclic amines) is 1. The van der Waals surface area contributed by atoms with Crippen LogP contribution in [0.3, 0.4) is 0 Å². The highest BCUT2D eigenvalue weighted by atomic mass is 16.5. The number of carbonyl (C=O) groups is 3. The Morgan fingerprint density at radius 2 is 1.89 bits per heavy atom. The fraction of sp³-hybridized carbons (Fsp3) is 0.550. The lowest BCUT2D eigenvalue weighted by atomic mass is 9.94. The largest absolute Gasteiger partial charge is 0.491 e. The van der Waals surface area contributed by atoms with Crippen LogP contribution in [0.4, 0.5) is 0 Å². The fourth-order valence-electron chi connectivity index (χ4n) is 3.68. The molecule has 0 unspecified atom stereocenters. The topological polar surface area (TPSA) is 76.2 Å². The van der Waals surface area contributed by atoms with Crippen molar-refractivity contribution in [2.45, 2.75) is 39.3 Å². The highest BCUT2D eigenvalue weighted by molar-refractivity contribution is 5.90. The summed E-state index contributed by atoms with van der Waals surface area (Å²) in [4.78, 5) is 40.0. The number of rotatable bonds is 2. The van der Waals surface area contributed by atoms with E-state index in [4.69, 9.17) is 9.47 Å². The number of amides is 2. The quantitative estimate of drug-likeness (QED) is 0.739. The molecule has 2 amide bonds.